The molecule has 0 saturated heterocycles. The lowest BCUT2D eigenvalue weighted by Crippen LogP contribution is -2.45. The van der Waals surface area contributed by atoms with Crippen LogP contribution < -0.4 is 10.5 Å². The van der Waals surface area contributed by atoms with Crippen LogP contribution in [0.5, 0.6) is 5.88 Å². The van der Waals surface area contributed by atoms with Gasteiger partial charge in [-0.25, -0.2) is 18.6 Å². The number of carbonyl (C=O) groups excluding carboxylic acids is 1. The zero-order valence-electron chi connectivity index (χ0n) is 26.2. The van der Waals surface area contributed by atoms with Crippen molar-refractivity contribution in [3.63, 3.8) is 0 Å². The van der Waals surface area contributed by atoms with Crippen LogP contribution in [-0.2, 0) is 22.9 Å². The molecule has 0 atom stereocenters. The number of hydrogen-bond acceptors (Lipinski definition) is 7. The maximum Gasteiger partial charge on any atom is 0.411 e. The highest BCUT2D eigenvalue weighted by atomic mass is 19.4. The number of primary amides is 1. The predicted molar refractivity (Wildman–Crippen MR) is 156 cm³/mol. The van der Waals surface area contributed by atoms with Gasteiger partial charge >= 0.3 is 12.3 Å². The van der Waals surface area contributed by atoms with E-state index in [2.05, 4.69) is 10.1 Å². The molecule has 2 aromatic heterocycles. The molecule has 4 aliphatic carbocycles. The van der Waals surface area contributed by atoms with Crippen molar-refractivity contribution in [3.8, 4) is 17.0 Å². The molecule has 13 heteroatoms. The van der Waals surface area contributed by atoms with Crippen LogP contribution in [0.3, 0.4) is 0 Å². The summed E-state index contributed by atoms with van der Waals surface area (Å²) in [6.45, 7) is 4.28. The minimum Gasteiger partial charge on any atom is -0.391 e. The summed E-state index contributed by atoms with van der Waals surface area (Å²) < 4.78 is 85.7. The Balaban J connectivity index is 1.46. The highest BCUT2D eigenvalue weighted by molar-refractivity contribution is 5.74. The molecule has 0 radical (unpaired) electrons. The molecule has 1 aromatic carbocycles. The Bertz CT molecular complexity index is 1670. The molecule has 7 rings (SSSR count). The SMILES string of the molecule is CC(C)(O)c1ccc(-c2c(F)c(C(C)(C)C(F)(F)F)nc(OC(N)=O)c2CC23CCC(c4nc(C5CC5)no4)(CC2)CC3)cc1F. The lowest BCUT2D eigenvalue weighted by molar-refractivity contribution is -0.182. The number of amides is 1. The Morgan fingerprint density at radius 2 is 1.67 bits per heavy atom. The van der Waals surface area contributed by atoms with E-state index in [1.807, 2.05) is 0 Å². The van der Waals surface area contributed by atoms with Gasteiger partial charge in [-0.2, -0.15) is 18.2 Å². The Labute approximate surface area is 262 Å². The number of alkyl halides is 3. The van der Waals surface area contributed by atoms with Crippen LogP contribution in [0.25, 0.3) is 11.1 Å². The first-order valence-corrected chi connectivity index (χ1v) is 15.5. The van der Waals surface area contributed by atoms with Crippen molar-refractivity contribution < 1.29 is 41.1 Å². The van der Waals surface area contributed by atoms with Crippen molar-refractivity contribution in [1.82, 2.24) is 15.1 Å². The summed E-state index contributed by atoms with van der Waals surface area (Å²) >= 11 is 0. The third-order valence-corrected chi connectivity index (χ3v) is 10.4. The highest BCUT2D eigenvalue weighted by Gasteiger charge is 2.54. The van der Waals surface area contributed by atoms with E-state index in [1.165, 1.54) is 26.0 Å². The van der Waals surface area contributed by atoms with Crippen LogP contribution in [0.15, 0.2) is 22.7 Å². The Morgan fingerprint density at radius 1 is 1.04 bits per heavy atom. The van der Waals surface area contributed by atoms with Crippen LogP contribution in [0.4, 0.5) is 26.7 Å². The minimum atomic E-state index is -4.94. The molecule has 8 nitrogen and oxygen atoms in total. The number of fused-ring (bicyclic) bond motifs is 3. The van der Waals surface area contributed by atoms with Crippen molar-refractivity contribution in [2.45, 2.75) is 114 Å². The minimum absolute atomic E-state index is 0.0247. The molecule has 2 bridgehead atoms. The summed E-state index contributed by atoms with van der Waals surface area (Å²) in [5.74, 6) is -1.04. The second kappa shape index (κ2) is 10.7. The molecule has 0 unspecified atom stereocenters. The summed E-state index contributed by atoms with van der Waals surface area (Å²) in [6, 6.07) is 3.55. The third-order valence-electron chi connectivity index (χ3n) is 10.4. The number of benzene rings is 1. The number of ether oxygens (including phenoxy) is 1. The summed E-state index contributed by atoms with van der Waals surface area (Å²) in [5, 5.41) is 14.6. The normalized spacial score (nSPS) is 23.5. The first-order valence-electron chi connectivity index (χ1n) is 15.5. The number of carbonyl (C=O) groups is 1. The van der Waals surface area contributed by atoms with E-state index in [1.54, 1.807) is 0 Å². The fourth-order valence-corrected chi connectivity index (χ4v) is 7.12. The van der Waals surface area contributed by atoms with Crippen molar-refractivity contribution >= 4 is 6.09 Å². The lowest BCUT2D eigenvalue weighted by Gasteiger charge is -2.52. The molecule has 4 aliphatic rings. The molecule has 1 amide bonds. The van der Waals surface area contributed by atoms with Gasteiger partial charge in [0.15, 0.2) is 11.6 Å². The maximum atomic E-state index is 16.6. The number of pyridine rings is 1. The molecule has 248 valence electrons. The van der Waals surface area contributed by atoms with Gasteiger partial charge in [0.05, 0.1) is 11.3 Å². The second-order valence-corrected chi connectivity index (χ2v) is 14.4. The van der Waals surface area contributed by atoms with Gasteiger partial charge in [-0.15, -0.1) is 0 Å². The van der Waals surface area contributed by atoms with E-state index < -0.39 is 51.9 Å². The molecule has 3 aromatic rings. The molecule has 2 heterocycles. The average molecular weight is 649 g/mol. The third kappa shape index (κ3) is 5.54. The molecular weight excluding hydrogens is 611 g/mol. The molecule has 46 heavy (non-hydrogen) atoms. The van der Waals surface area contributed by atoms with E-state index in [9.17, 15) is 23.1 Å². The Hall–Kier alpha value is -3.61. The van der Waals surface area contributed by atoms with Gasteiger partial charge in [-0.3, -0.25) is 0 Å². The lowest BCUT2D eigenvalue weighted by atomic mass is 9.52. The summed E-state index contributed by atoms with van der Waals surface area (Å²) in [7, 11) is 0. The van der Waals surface area contributed by atoms with E-state index in [0.29, 0.717) is 50.3 Å². The summed E-state index contributed by atoms with van der Waals surface area (Å²) in [4.78, 5) is 20.7. The van der Waals surface area contributed by atoms with Crippen LogP contribution in [0.2, 0.25) is 0 Å². The molecule has 4 fully saturated rings. The second-order valence-electron chi connectivity index (χ2n) is 14.4. The van der Waals surface area contributed by atoms with Gasteiger partial charge in [0.2, 0.25) is 11.8 Å². The van der Waals surface area contributed by atoms with Gasteiger partial charge in [0.25, 0.3) is 0 Å². The summed E-state index contributed by atoms with van der Waals surface area (Å²) in [6.07, 6.45) is -0.0707. The Kier molecular flexibility index (Phi) is 7.53. The Morgan fingerprint density at radius 3 is 2.20 bits per heavy atom. The van der Waals surface area contributed by atoms with Crippen LogP contribution >= 0.6 is 0 Å². The molecule has 0 aliphatic heterocycles. The number of hydrogen-bond donors (Lipinski definition) is 2. The van der Waals surface area contributed by atoms with Gasteiger partial charge < -0.3 is 20.1 Å². The van der Waals surface area contributed by atoms with Crippen molar-refractivity contribution in [2.24, 2.45) is 11.1 Å². The van der Waals surface area contributed by atoms with Gasteiger partial charge in [0.1, 0.15) is 11.2 Å². The molecular formula is C33H37F5N4O4. The monoisotopic (exact) mass is 648 g/mol. The fraction of sp³-hybridized carbons (Fsp3) is 0.576. The van der Waals surface area contributed by atoms with Gasteiger partial charge in [-0.05, 0) is 103 Å². The summed E-state index contributed by atoms with van der Waals surface area (Å²) in [5.41, 5.74) is -1.34. The first kappa shape index (κ1) is 32.3. The van der Waals surface area contributed by atoms with Crippen LogP contribution in [0.1, 0.15) is 114 Å². The molecule has 3 N–H and O–H groups in total. The zero-order chi connectivity index (χ0) is 33.4. The maximum absolute atomic E-state index is 16.6. The number of rotatable bonds is 8. The van der Waals surface area contributed by atoms with Crippen LogP contribution in [0, 0.1) is 17.0 Å². The quantitative estimate of drug-likeness (QED) is 0.241. The van der Waals surface area contributed by atoms with Gasteiger partial charge in [0, 0.05) is 28.0 Å². The van der Waals surface area contributed by atoms with E-state index in [0.717, 1.165) is 38.6 Å². The molecule has 4 saturated carbocycles. The predicted octanol–water partition coefficient (Wildman–Crippen LogP) is 7.65. The number of halogens is 5. The van der Waals surface area contributed by atoms with Crippen LogP contribution in [-0.4, -0.2) is 32.5 Å². The highest BCUT2D eigenvalue weighted by Crippen LogP contribution is 2.60. The topological polar surface area (TPSA) is 124 Å². The van der Waals surface area contributed by atoms with Crippen molar-refractivity contribution in [2.75, 3.05) is 0 Å². The first-order chi connectivity index (χ1) is 21.4. The van der Waals surface area contributed by atoms with E-state index >= 15 is 8.78 Å². The van der Waals surface area contributed by atoms with Gasteiger partial charge in [-0.1, -0.05) is 17.3 Å². The van der Waals surface area contributed by atoms with Crippen molar-refractivity contribution in [1.29, 1.82) is 0 Å². The van der Waals surface area contributed by atoms with E-state index in [4.69, 9.17) is 20.0 Å². The number of aromatic nitrogens is 3. The smallest absolute Gasteiger partial charge is 0.391 e. The standard InChI is InChI=1S/C33H37F5N4O4/c1-29(2,33(36,37)38)24-23(35)22(18-7-8-20(21(34)15-18)30(3,4)44)19(26(40-24)45-28(39)43)16-31-9-12-32(13-10-31,14-11-31)27-41-25(42-46-27)17-5-6-17/h7-8,15,17,44H,5-6,9-14,16H2,1-4H3,(H2,39,43). The molecule has 0 spiro atoms. The van der Waals surface area contributed by atoms with E-state index in [-0.39, 0.29) is 34.1 Å². The van der Waals surface area contributed by atoms with Crippen molar-refractivity contribution in [3.05, 3.63) is 58.4 Å². The number of nitrogens with two attached hydrogens (primary N) is 1. The average Bonchev–Trinajstić information content (AvgIpc) is 3.69. The zero-order valence-corrected chi connectivity index (χ0v) is 26.2. The largest absolute Gasteiger partial charge is 0.411 e. The fourth-order valence-electron chi connectivity index (χ4n) is 7.12. The number of aliphatic hydroxyl groups is 1. The number of nitrogens with zero attached hydrogens (tertiary/aromatic N) is 3.